The molecule has 150 valence electrons. The maximum Gasteiger partial charge on any atom is 0.269 e. The van der Waals surface area contributed by atoms with Crippen molar-refractivity contribution < 1.29 is 14.5 Å². The number of non-ortho nitro benzene ring substituents is 1. The number of nitro groups is 1. The summed E-state index contributed by atoms with van der Waals surface area (Å²) in [6.45, 7) is 3.83. The highest BCUT2D eigenvalue weighted by molar-refractivity contribution is 14.1. The number of ether oxygens (including phenoxy) is 1. The fourth-order valence-corrected chi connectivity index (χ4v) is 4.50. The monoisotopic (exact) mass is 617 g/mol. The highest BCUT2D eigenvalue weighted by Gasteiger charge is 2.13. The standard InChI is InChI=1S/C20H17I2N3O4/c1-12(2)24-20(26)15(10-23)6-14-8-17(21)19(18(22)9-14)29-11-13-4-3-5-16(7-13)25(27)28/h3-9,12H,11H2,1-2H3,(H,24,26)/b15-6-. The Morgan fingerprint density at radius 2 is 1.97 bits per heavy atom. The van der Waals surface area contributed by atoms with Crippen molar-refractivity contribution in [1.29, 1.82) is 5.26 Å². The van der Waals surface area contributed by atoms with Gasteiger partial charge in [-0.05, 0) is 88.4 Å². The average Bonchev–Trinajstić information content (AvgIpc) is 2.65. The molecule has 0 bridgehead atoms. The van der Waals surface area contributed by atoms with Crippen molar-refractivity contribution in [2.24, 2.45) is 0 Å². The summed E-state index contributed by atoms with van der Waals surface area (Å²) in [5.41, 5.74) is 1.43. The van der Waals surface area contributed by atoms with Crippen LogP contribution in [0.25, 0.3) is 6.08 Å². The fraction of sp³-hybridized carbons (Fsp3) is 0.200. The van der Waals surface area contributed by atoms with Crippen molar-refractivity contribution in [2.75, 3.05) is 0 Å². The Labute approximate surface area is 195 Å². The predicted molar refractivity (Wildman–Crippen MR) is 126 cm³/mol. The van der Waals surface area contributed by atoms with Crippen molar-refractivity contribution in [3.8, 4) is 11.8 Å². The smallest absolute Gasteiger partial charge is 0.269 e. The summed E-state index contributed by atoms with van der Waals surface area (Å²) in [6, 6.07) is 11.8. The fourth-order valence-electron chi connectivity index (χ4n) is 2.37. The number of benzene rings is 2. The lowest BCUT2D eigenvalue weighted by molar-refractivity contribution is -0.384. The van der Waals surface area contributed by atoms with Gasteiger partial charge in [0.2, 0.25) is 0 Å². The number of hydrogen-bond acceptors (Lipinski definition) is 5. The predicted octanol–water partition coefficient (Wildman–Crippen LogP) is 4.81. The van der Waals surface area contributed by atoms with E-state index in [0.717, 1.165) is 7.14 Å². The van der Waals surface area contributed by atoms with Crippen LogP contribution in [-0.2, 0) is 11.4 Å². The summed E-state index contributed by atoms with van der Waals surface area (Å²) in [6.07, 6.45) is 1.53. The minimum absolute atomic E-state index is 0.0136. The molecule has 0 aliphatic carbocycles. The van der Waals surface area contributed by atoms with E-state index in [-0.39, 0.29) is 23.9 Å². The van der Waals surface area contributed by atoms with Crippen LogP contribution in [-0.4, -0.2) is 16.9 Å². The number of nitrogens with zero attached hydrogens (tertiary/aromatic N) is 2. The van der Waals surface area contributed by atoms with Crippen LogP contribution < -0.4 is 10.1 Å². The summed E-state index contributed by atoms with van der Waals surface area (Å²) in [4.78, 5) is 22.5. The number of nitriles is 1. The molecule has 0 heterocycles. The van der Waals surface area contributed by atoms with Crippen molar-refractivity contribution >= 4 is 62.9 Å². The Kier molecular flexibility index (Phi) is 8.39. The zero-order valence-electron chi connectivity index (χ0n) is 15.6. The minimum atomic E-state index is -0.444. The van der Waals surface area contributed by atoms with Crippen LogP contribution in [0.1, 0.15) is 25.0 Å². The van der Waals surface area contributed by atoms with Gasteiger partial charge in [-0.1, -0.05) is 12.1 Å². The van der Waals surface area contributed by atoms with Crippen LogP contribution in [0.15, 0.2) is 42.0 Å². The molecule has 2 rings (SSSR count). The second-order valence-corrected chi connectivity index (χ2v) is 8.65. The van der Waals surface area contributed by atoms with Crippen LogP contribution in [0.4, 0.5) is 5.69 Å². The molecule has 0 aliphatic heterocycles. The van der Waals surface area contributed by atoms with E-state index in [4.69, 9.17) is 4.74 Å². The van der Waals surface area contributed by atoms with Crippen molar-refractivity contribution in [3.05, 3.63) is 70.4 Å². The molecule has 0 fully saturated rings. The van der Waals surface area contributed by atoms with E-state index in [1.54, 1.807) is 12.1 Å². The molecule has 7 nitrogen and oxygen atoms in total. The number of carbonyl (C=O) groups excluding carboxylic acids is 1. The number of nitro benzene ring substituents is 1. The van der Waals surface area contributed by atoms with Gasteiger partial charge in [0.15, 0.2) is 0 Å². The zero-order valence-corrected chi connectivity index (χ0v) is 19.9. The second-order valence-electron chi connectivity index (χ2n) is 6.33. The summed E-state index contributed by atoms with van der Waals surface area (Å²) in [7, 11) is 0. The maximum absolute atomic E-state index is 12.1. The van der Waals surface area contributed by atoms with Gasteiger partial charge in [0.05, 0.1) is 12.1 Å². The van der Waals surface area contributed by atoms with Crippen LogP contribution in [0.3, 0.4) is 0 Å². The number of amides is 1. The molecule has 2 aromatic rings. The Bertz CT molecular complexity index is 990. The average molecular weight is 617 g/mol. The van der Waals surface area contributed by atoms with E-state index in [1.807, 2.05) is 32.0 Å². The van der Waals surface area contributed by atoms with E-state index in [2.05, 4.69) is 50.5 Å². The van der Waals surface area contributed by atoms with Gasteiger partial charge in [-0.2, -0.15) is 5.26 Å². The van der Waals surface area contributed by atoms with Gasteiger partial charge in [-0.15, -0.1) is 0 Å². The van der Waals surface area contributed by atoms with Gasteiger partial charge in [0.25, 0.3) is 11.6 Å². The summed E-state index contributed by atoms with van der Waals surface area (Å²) < 4.78 is 7.47. The molecule has 0 spiro atoms. The highest BCUT2D eigenvalue weighted by Crippen LogP contribution is 2.30. The molecule has 0 unspecified atom stereocenters. The van der Waals surface area contributed by atoms with Gasteiger partial charge in [0, 0.05) is 18.2 Å². The molecule has 0 aromatic heterocycles. The third kappa shape index (κ3) is 6.67. The lowest BCUT2D eigenvalue weighted by atomic mass is 10.1. The van der Waals surface area contributed by atoms with E-state index in [9.17, 15) is 20.2 Å². The molecule has 2 aromatic carbocycles. The summed E-state index contributed by atoms with van der Waals surface area (Å²) in [5.74, 6) is 0.221. The molecule has 0 aliphatic rings. The van der Waals surface area contributed by atoms with Gasteiger partial charge >= 0.3 is 0 Å². The molecule has 9 heteroatoms. The Hall–Kier alpha value is -2.20. The van der Waals surface area contributed by atoms with E-state index in [0.29, 0.717) is 16.9 Å². The number of halogens is 2. The van der Waals surface area contributed by atoms with Crippen LogP contribution in [0, 0.1) is 28.6 Å². The molecule has 0 saturated heterocycles. The first-order valence-electron chi connectivity index (χ1n) is 8.49. The van der Waals surface area contributed by atoms with Gasteiger partial charge in [-0.25, -0.2) is 0 Å². The Balaban J connectivity index is 2.22. The van der Waals surface area contributed by atoms with Gasteiger partial charge in [-0.3, -0.25) is 14.9 Å². The Morgan fingerprint density at radius 3 is 2.52 bits per heavy atom. The van der Waals surface area contributed by atoms with Crippen LogP contribution in [0.5, 0.6) is 5.75 Å². The molecule has 1 N–H and O–H groups in total. The topological polar surface area (TPSA) is 105 Å². The minimum Gasteiger partial charge on any atom is -0.487 e. The second kappa shape index (κ2) is 10.5. The maximum atomic E-state index is 12.1. The Morgan fingerprint density at radius 1 is 1.31 bits per heavy atom. The van der Waals surface area contributed by atoms with Crippen LogP contribution >= 0.6 is 45.2 Å². The van der Waals surface area contributed by atoms with Crippen LogP contribution in [0.2, 0.25) is 0 Å². The third-order valence-electron chi connectivity index (χ3n) is 3.62. The van der Waals surface area contributed by atoms with Crippen molar-refractivity contribution in [3.63, 3.8) is 0 Å². The lowest BCUT2D eigenvalue weighted by Crippen LogP contribution is -2.30. The summed E-state index contributed by atoms with van der Waals surface area (Å²) >= 11 is 4.23. The van der Waals surface area contributed by atoms with Gasteiger partial charge in [0.1, 0.15) is 24.0 Å². The zero-order chi connectivity index (χ0) is 21.6. The number of nitrogens with one attached hydrogen (secondary N) is 1. The van der Waals surface area contributed by atoms with Gasteiger partial charge < -0.3 is 10.1 Å². The van der Waals surface area contributed by atoms with E-state index >= 15 is 0 Å². The molecule has 0 atom stereocenters. The first-order valence-corrected chi connectivity index (χ1v) is 10.6. The van der Waals surface area contributed by atoms with Crippen molar-refractivity contribution in [1.82, 2.24) is 5.32 Å². The molecule has 0 radical (unpaired) electrons. The molecule has 29 heavy (non-hydrogen) atoms. The van der Waals surface area contributed by atoms with Crippen molar-refractivity contribution in [2.45, 2.75) is 26.5 Å². The first-order chi connectivity index (χ1) is 13.7. The molecule has 0 saturated carbocycles. The molecule has 1 amide bonds. The number of carbonyl (C=O) groups is 1. The SMILES string of the molecule is CC(C)NC(=O)/C(C#N)=C\c1cc(I)c(OCc2cccc([N+](=O)[O-])c2)c(I)c1. The quantitative estimate of drug-likeness (QED) is 0.158. The number of rotatable bonds is 7. The van der Waals surface area contributed by atoms with E-state index < -0.39 is 10.8 Å². The largest absolute Gasteiger partial charge is 0.487 e. The lowest BCUT2D eigenvalue weighted by Gasteiger charge is -2.12. The van der Waals surface area contributed by atoms with E-state index in [1.165, 1.54) is 18.2 Å². The molecular weight excluding hydrogens is 600 g/mol. The first kappa shape index (κ1) is 23.1. The molecular formula is C20H17I2N3O4. The summed E-state index contributed by atoms with van der Waals surface area (Å²) in [5, 5.41) is 22.9. The normalized spacial score (nSPS) is 11.1. The highest BCUT2D eigenvalue weighted by atomic mass is 127. The third-order valence-corrected chi connectivity index (χ3v) is 5.22. The number of hydrogen-bond donors (Lipinski definition) is 1.